The van der Waals surface area contributed by atoms with Crippen LogP contribution in [0.15, 0.2) is 67.2 Å². The Bertz CT molecular complexity index is 560. The van der Waals surface area contributed by atoms with E-state index in [2.05, 4.69) is 6.58 Å². The largest absolute Gasteiger partial charge is 0.347 e. The maximum absolute atomic E-state index is 9.36. The predicted octanol–water partition coefficient (Wildman–Crippen LogP) is 4.47. The highest BCUT2D eigenvalue weighted by molar-refractivity contribution is 5.63. The van der Waals surface area contributed by atoms with Crippen LogP contribution < -0.4 is 0 Å². The molecule has 3 nitrogen and oxygen atoms in total. The summed E-state index contributed by atoms with van der Waals surface area (Å²) in [5.74, 6) is -1.17. The lowest BCUT2D eigenvalue weighted by atomic mass is 9.95. The topological polar surface area (TPSA) is 38.7 Å². The molecule has 0 amide bonds. The van der Waals surface area contributed by atoms with E-state index in [0.717, 1.165) is 16.7 Å². The number of allylic oxidation sites excluding steroid dienone is 1. The molecule has 0 aliphatic carbocycles. The Hall–Kier alpha value is -1.94. The van der Waals surface area contributed by atoms with Gasteiger partial charge in [-0.15, -0.1) is 0 Å². The van der Waals surface area contributed by atoms with E-state index in [-0.39, 0.29) is 0 Å². The third-order valence-electron chi connectivity index (χ3n) is 3.63. The second-order valence-corrected chi connectivity index (χ2v) is 4.88. The van der Waals surface area contributed by atoms with Crippen LogP contribution in [0.3, 0.4) is 0 Å². The number of hydrogen-bond acceptors (Lipinski definition) is 3. The van der Waals surface area contributed by atoms with Crippen LogP contribution in [-0.2, 0) is 15.4 Å². The van der Waals surface area contributed by atoms with Gasteiger partial charge in [0.15, 0.2) is 0 Å². The van der Waals surface area contributed by atoms with Gasteiger partial charge in [0.2, 0.25) is 5.79 Å². The maximum Gasteiger partial charge on any atom is 0.227 e. The molecule has 0 spiro atoms. The van der Waals surface area contributed by atoms with Crippen LogP contribution in [-0.4, -0.2) is 12.4 Å². The molecule has 21 heavy (non-hydrogen) atoms. The molecule has 0 aliphatic rings. The van der Waals surface area contributed by atoms with Crippen molar-refractivity contribution < 1.29 is 14.9 Å². The zero-order chi connectivity index (χ0) is 15.1. The van der Waals surface area contributed by atoms with Crippen molar-refractivity contribution in [1.29, 1.82) is 0 Å². The first-order valence-electron chi connectivity index (χ1n) is 6.88. The normalized spacial score (nSPS) is 13.6. The average Bonchev–Trinajstić information content (AvgIpc) is 2.58. The van der Waals surface area contributed by atoms with Crippen molar-refractivity contribution in [3.63, 3.8) is 0 Å². The molecule has 0 heterocycles. The second kappa shape index (κ2) is 7.18. The number of benzene rings is 2. The first kappa shape index (κ1) is 15.4. The molecule has 2 rings (SSSR count). The summed E-state index contributed by atoms with van der Waals surface area (Å²) in [5, 5.41) is 9.36. The van der Waals surface area contributed by atoms with Gasteiger partial charge in [-0.25, -0.2) is 5.26 Å². The second-order valence-electron chi connectivity index (χ2n) is 4.88. The van der Waals surface area contributed by atoms with Gasteiger partial charge in [-0.2, -0.15) is 4.89 Å². The van der Waals surface area contributed by atoms with Gasteiger partial charge in [0.05, 0.1) is 0 Å². The Balaban J connectivity index is 2.13. The minimum Gasteiger partial charge on any atom is -0.347 e. The van der Waals surface area contributed by atoms with Crippen LogP contribution >= 0.6 is 0 Å². The highest BCUT2D eigenvalue weighted by atomic mass is 17.1. The summed E-state index contributed by atoms with van der Waals surface area (Å²) in [6.07, 6.45) is 1.12. The van der Waals surface area contributed by atoms with E-state index in [1.54, 1.807) is 0 Å². The minimum absolute atomic E-state index is 0.470. The highest BCUT2D eigenvalue weighted by Crippen LogP contribution is 2.33. The molecule has 2 aromatic carbocycles. The molecule has 2 aromatic rings. The van der Waals surface area contributed by atoms with Crippen molar-refractivity contribution >= 4 is 5.57 Å². The smallest absolute Gasteiger partial charge is 0.227 e. The van der Waals surface area contributed by atoms with Crippen molar-refractivity contribution in [3.8, 4) is 0 Å². The van der Waals surface area contributed by atoms with Crippen molar-refractivity contribution in [2.24, 2.45) is 0 Å². The van der Waals surface area contributed by atoms with Gasteiger partial charge in [-0.3, -0.25) is 0 Å². The summed E-state index contributed by atoms with van der Waals surface area (Å²) in [6, 6.07) is 19.4. The Morgan fingerprint density at radius 3 is 2.14 bits per heavy atom. The van der Waals surface area contributed by atoms with Crippen molar-refractivity contribution in [1.82, 2.24) is 0 Å². The standard InChI is InChI=1S/C18H20O3/c1-15(16-9-5-3-6-10-16)13-14-18(20-2,21-19)17-11-7-4-8-12-17/h3-12,19H,1,13-14H2,2H3. The van der Waals surface area contributed by atoms with Gasteiger partial charge in [0, 0.05) is 19.1 Å². The van der Waals surface area contributed by atoms with Gasteiger partial charge in [-0.1, -0.05) is 67.2 Å². The van der Waals surface area contributed by atoms with Crippen molar-refractivity contribution in [2.75, 3.05) is 7.11 Å². The molecule has 1 atom stereocenters. The maximum atomic E-state index is 9.36. The molecule has 0 saturated heterocycles. The third kappa shape index (κ3) is 3.58. The summed E-state index contributed by atoms with van der Waals surface area (Å²) < 4.78 is 5.45. The summed E-state index contributed by atoms with van der Waals surface area (Å²) in [7, 11) is 1.52. The van der Waals surface area contributed by atoms with E-state index in [1.807, 2.05) is 60.7 Å². The molecule has 0 fully saturated rings. The van der Waals surface area contributed by atoms with E-state index in [4.69, 9.17) is 9.62 Å². The molecule has 110 valence electrons. The molecule has 3 heteroatoms. The summed E-state index contributed by atoms with van der Waals surface area (Å²) in [5.41, 5.74) is 2.83. The first-order valence-corrected chi connectivity index (χ1v) is 6.88. The van der Waals surface area contributed by atoms with E-state index in [1.165, 1.54) is 7.11 Å². The Kier molecular flexibility index (Phi) is 5.28. The van der Waals surface area contributed by atoms with E-state index in [9.17, 15) is 5.26 Å². The molecule has 0 bridgehead atoms. The fraction of sp³-hybridized carbons (Fsp3) is 0.222. The van der Waals surface area contributed by atoms with Crippen LogP contribution in [0.1, 0.15) is 24.0 Å². The Morgan fingerprint density at radius 2 is 1.62 bits per heavy atom. The summed E-state index contributed by atoms with van der Waals surface area (Å²) in [4.78, 5) is 4.70. The van der Waals surface area contributed by atoms with Gasteiger partial charge in [0.1, 0.15) is 0 Å². The van der Waals surface area contributed by atoms with E-state index < -0.39 is 5.79 Å². The molecular formula is C18H20O3. The molecule has 0 aliphatic heterocycles. The van der Waals surface area contributed by atoms with E-state index in [0.29, 0.717) is 12.8 Å². The third-order valence-corrected chi connectivity index (χ3v) is 3.63. The number of hydrogen-bond donors (Lipinski definition) is 1. The van der Waals surface area contributed by atoms with E-state index >= 15 is 0 Å². The number of ether oxygens (including phenoxy) is 1. The molecule has 0 aromatic heterocycles. The molecular weight excluding hydrogens is 264 g/mol. The predicted molar refractivity (Wildman–Crippen MR) is 83.6 cm³/mol. The fourth-order valence-corrected chi connectivity index (χ4v) is 2.33. The monoisotopic (exact) mass is 284 g/mol. The lowest BCUT2D eigenvalue weighted by molar-refractivity contribution is -0.409. The molecule has 1 unspecified atom stereocenters. The van der Waals surface area contributed by atoms with Crippen LogP contribution in [0.5, 0.6) is 0 Å². The first-order chi connectivity index (χ1) is 10.2. The van der Waals surface area contributed by atoms with Gasteiger partial charge in [0.25, 0.3) is 0 Å². The van der Waals surface area contributed by atoms with Crippen LogP contribution in [0, 0.1) is 0 Å². The van der Waals surface area contributed by atoms with Crippen LogP contribution in [0.4, 0.5) is 0 Å². The average molecular weight is 284 g/mol. The molecule has 1 N–H and O–H groups in total. The number of rotatable bonds is 7. The number of methoxy groups -OCH3 is 1. The van der Waals surface area contributed by atoms with Crippen molar-refractivity contribution in [2.45, 2.75) is 18.6 Å². The van der Waals surface area contributed by atoms with Gasteiger partial charge < -0.3 is 4.74 Å². The Labute approximate surface area is 125 Å². The molecule has 0 radical (unpaired) electrons. The zero-order valence-corrected chi connectivity index (χ0v) is 12.2. The molecule has 0 saturated carbocycles. The van der Waals surface area contributed by atoms with Crippen LogP contribution in [0.25, 0.3) is 5.57 Å². The van der Waals surface area contributed by atoms with Crippen LogP contribution in [0.2, 0.25) is 0 Å². The quantitative estimate of drug-likeness (QED) is 0.463. The Morgan fingerprint density at radius 1 is 1.05 bits per heavy atom. The highest BCUT2D eigenvalue weighted by Gasteiger charge is 2.33. The fourth-order valence-electron chi connectivity index (χ4n) is 2.33. The lowest BCUT2D eigenvalue weighted by Crippen LogP contribution is -2.31. The lowest BCUT2D eigenvalue weighted by Gasteiger charge is -2.29. The van der Waals surface area contributed by atoms with Gasteiger partial charge >= 0.3 is 0 Å². The van der Waals surface area contributed by atoms with Gasteiger partial charge in [-0.05, 0) is 17.6 Å². The minimum atomic E-state index is -1.17. The van der Waals surface area contributed by atoms with Crippen molar-refractivity contribution in [3.05, 3.63) is 78.4 Å². The zero-order valence-electron chi connectivity index (χ0n) is 12.2. The SMILES string of the molecule is C=C(CCC(OC)(OO)c1ccccc1)c1ccccc1. The summed E-state index contributed by atoms with van der Waals surface area (Å²) >= 11 is 0. The summed E-state index contributed by atoms with van der Waals surface area (Å²) in [6.45, 7) is 4.10.